The average molecular weight is 349 g/mol. The number of Topliss-reactive ketones (excluding diaryl/α,β-unsaturated/α-hetero) is 1. The number of carbonyl (C=O) groups excluding carboxylic acids is 2. The first-order valence-electron chi connectivity index (χ1n) is 8.74. The number of rotatable bonds is 3. The molecular formula is C20H19N3O3. The van der Waals surface area contributed by atoms with Crippen molar-refractivity contribution in [3.63, 3.8) is 0 Å². The molecule has 0 saturated carbocycles. The minimum atomic E-state index is -0.0642. The fourth-order valence-electron chi connectivity index (χ4n) is 3.43. The molecule has 0 bridgehead atoms. The largest absolute Gasteiger partial charge is 0.339 e. The maximum Gasteiger partial charge on any atom is 0.257 e. The molecule has 3 heterocycles. The van der Waals surface area contributed by atoms with E-state index in [1.54, 1.807) is 11.0 Å². The first-order chi connectivity index (χ1) is 12.6. The Kier molecular flexibility index (Phi) is 4.24. The zero-order chi connectivity index (χ0) is 18.1. The van der Waals surface area contributed by atoms with Gasteiger partial charge in [-0.25, -0.2) is 4.98 Å². The predicted molar refractivity (Wildman–Crippen MR) is 95.9 cm³/mol. The van der Waals surface area contributed by atoms with Gasteiger partial charge in [-0.1, -0.05) is 35.5 Å². The number of aryl methyl sites for hydroxylation is 1. The van der Waals surface area contributed by atoms with E-state index >= 15 is 0 Å². The second kappa shape index (κ2) is 6.71. The molecule has 4 rings (SSSR count). The smallest absolute Gasteiger partial charge is 0.257 e. The van der Waals surface area contributed by atoms with Crippen LogP contribution in [0.2, 0.25) is 0 Å². The molecule has 0 spiro atoms. The van der Waals surface area contributed by atoms with Crippen molar-refractivity contribution in [2.24, 2.45) is 5.92 Å². The van der Waals surface area contributed by atoms with E-state index < -0.39 is 0 Å². The Morgan fingerprint density at radius 2 is 1.85 bits per heavy atom. The lowest BCUT2D eigenvalue weighted by molar-refractivity contribution is 0.0650. The van der Waals surface area contributed by atoms with E-state index in [1.807, 2.05) is 37.3 Å². The summed E-state index contributed by atoms with van der Waals surface area (Å²) in [5.41, 5.74) is 2.42. The number of piperidine rings is 1. The standard InChI is InChI=1S/C20H19N3O3/c1-13-17-11-16(12-21-19(17)26-22-13)20(25)23-9-7-15(8-10-23)18(24)14-5-3-2-4-6-14/h2-6,11-12,15H,7-10H2,1H3. The summed E-state index contributed by atoms with van der Waals surface area (Å²) in [5.74, 6) is 0.0777. The molecule has 0 atom stereocenters. The van der Waals surface area contributed by atoms with Crippen LogP contribution in [0.5, 0.6) is 0 Å². The number of amides is 1. The number of hydrogen-bond donors (Lipinski definition) is 0. The molecule has 1 fully saturated rings. The number of likely N-dealkylation sites (tertiary alicyclic amines) is 1. The molecule has 6 nitrogen and oxygen atoms in total. The first-order valence-corrected chi connectivity index (χ1v) is 8.74. The molecule has 1 aliphatic heterocycles. The van der Waals surface area contributed by atoms with Gasteiger partial charge in [-0.3, -0.25) is 9.59 Å². The Labute approximate surface area is 150 Å². The number of aromatic nitrogens is 2. The second-order valence-electron chi connectivity index (χ2n) is 6.64. The summed E-state index contributed by atoms with van der Waals surface area (Å²) in [7, 11) is 0. The summed E-state index contributed by atoms with van der Waals surface area (Å²) in [6.45, 7) is 2.97. The number of nitrogens with zero attached hydrogens (tertiary/aromatic N) is 3. The van der Waals surface area contributed by atoms with Crippen LogP contribution in [0.3, 0.4) is 0 Å². The van der Waals surface area contributed by atoms with Gasteiger partial charge in [0.05, 0.1) is 16.6 Å². The topological polar surface area (TPSA) is 76.3 Å². The molecular weight excluding hydrogens is 330 g/mol. The number of carbonyl (C=O) groups is 2. The highest BCUT2D eigenvalue weighted by Gasteiger charge is 2.28. The summed E-state index contributed by atoms with van der Waals surface area (Å²) < 4.78 is 5.09. The molecule has 0 N–H and O–H groups in total. The molecule has 132 valence electrons. The molecule has 26 heavy (non-hydrogen) atoms. The zero-order valence-corrected chi connectivity index (χ0v) is 14.5. The van der Waals surface area contributed by atoms with E-state index in [0.717, 1.165) is 10.9 Å². The molecule has 1 amide bonds. The summed E-state index contributed by atoms with van der Waals surface area (Å²) in [6.07, 6.45) is 2.89. The SMILES string of the molecule is Cc1noc2ncc(C(=O)N3CCC(C(=O)c4ccccc4)CC3)cc12. The van der Waals surface area contributed by atoms with Gasteiger partial charge in [0, 0.05) is 30.8 Å². The quantitative estimate of drug-likeness (QED) is 0.678. The molecule has 0 radical (unpaired) electrons. The van der Waals surface area contributed by atoms with Gasteiger partial charge in [-0.15, -0.1) is 0 Å². The van der Waals surface area contributed by atoms with Crippen LogP contribution in [0.15, 0.2) is 47.1 Å². The van der Waals surface area contributed by atoms with Crippen molar-refractivity contribution < 1.29 is 14.1 Å². The lowest BCUT2D eigenvalue weighted by atomic mass is 9.88. The van der Waals surface area contributed by atoms with E-state index in [2.05, 4.69) is 10.1 Å². The van der Waals surface area contributed by atoms with E-state index in [9.17, 15) is 9.59 Å². The highest BCUT2D eigenvalue weighted by molar-refractivity contribution is 5.99. The summed E-state index contributed by atoms with van der Waals surface area (Å²) in [6, 6.07) is 11.1. The van der Waals surface area contributed by atoms with Crippen molar-refractivity contribution in [3.8, 4) is 0 Å². The van der Waals surface area contributed by atoms with Gasteiger partial charge in [-0.05, 0) is 25.8 Å². The van der Waals surface area contributed by atoms with Crippen molar-refractivity contribution in [2.75, 3.05) is 13.1 Å². The van der Waals surface area contributed by atoms with Crippen LogP contribution in [0.1, 0.15) is 39.3 Å². The van der Waals surface area contributed by atoms with Gasteiger partial charge in [0.15, 0.2) is 5.78 Å². The van der Waals surface area contributed by atoms with Crippen molar-refractivity contribution in [3.05, 3.63) is 59.4 Å². The number of benzene rings is 1. The Morgan fingerprint density at radius 3 is 2.58 bits per heavy atom. The van der Waals surface area contributed by atoms with E-state index in [-0.39, 0.29) is 17.6 Å². The number of hydrogen-bond acceptors (Lipinski definition) is 5. The fraction of sp³-hybridized carbons (Fsp3) is 0.300. The third-order valence-electron chi connectivity index (χ3n) is 4.97. The highest BCUT2D eigenvalue weighted by Crippen LogP contribution is 2.24. The number of ketones is 1. The maximum absolute atomic E-state index is 12.8. The van der Waals surface area contributed by atoms with Crippen LogP contribution >= 0.6 is 0 Å². The van der Waals surface area contributed by atoms with Crippen LogP contribution < -0.4 is 0 Å². The number of fused-ring (bicyclic) bond motifs is 1. The summed E-state index contributed by atoms with van der Waals surface area (Å²) >= 11 is 0. The van der Waals surface area contributed by atoms with Crippen molar-refractivity contribution >= 4 is 22.8 Å². The van der Waals surface area contributed by atoms with Gasteiger partial charge in [0.25, 0.3) is 11.6 Å². The monoisotopic (exact) mass is 349 g/mol. The Bertz CT molecular complexity index is 957. The minimum absolute atomic E-state index is 0.0256. The maximum atomic E-state index is 12.8. The normalized spacial score (nSPS) is 15.3. The van der Waals surface area contributed by atoms with Gasteiger partial charge in [0.1, 0.15) is 0 Å². The zero-order valence-electron chi connectivity index (χ0n) is 14.5. The fourth-order valence-corrected chi connectivity index (χ4v) is 3.43. The third kappa shape index (κ3) is 2.98. The highest BCUT2D eigenvalue weighted by atomic mass is 16.5. The predicted octanol–water partition coefficient (Wildman–Crippen LogP) is 3.27. The van der Waals surface area contributed by atoms with Crippen LogP contribution in [0.4, 0.5) is 0 Å². The van der Waals surface area contributed by atoms with Gasteiger partial charge < -0.3 is 9.42 Å². The lowest BCUT2D eigenvalue weighted by Gasteiger charge is -2.31. The Hall–Kier alpha value is -3.02. The van der Waals surface area contributed by atoms with Gasteiger partial charge in [0.2, 0.25) is 0 Å². The Balaban J connectivity index is 1.44. The second-order valence-corrected chi connectivity index (χ2v) is 6.64. The molecule has 0 unspecified atom stereocenters. The van der Waals surface area contributed by atoms with Gasteiger partial charge in [-0.2, -0.15) is 0 Å². The molecule has 3 aromatic rings. The van der Waals surface area contributed by atoms with Crippen LogP contribution in [0.25, 0.3) is 11.1 Å². The van der Waals surface area contributed by atoms with Crippen molar-refractivity contribution in [1.82, 2.24) is 15.0 Å². The third-order valence-corrected chi connectivity index (χ3v) is 4.97. The van der Waals surface area contributed by atoms with E-state index in [4.69, 9.17) is 4.52 Å². The van der Waals surface area contributed by atoms with Crippen LogP contribution in [-0.2, 0) is 0 Å². The summed E-state index contributed by atoms with van der Waals surface area (Å²) in [5, 5.41) is 4.62. The molecule has 6 heteroatoms. The van der Waals surface area contributed by atoms with Crippen LogP contribution in [0, 0.1) is 12.8 Å². The molecule has 0 aliphatic carbocycles. The first kappa shape index (κ1) is 16.4. The molecule has 2 aromatic heterocycles. The van der Waals surface area contributed by atoms with Crippen LogP contribution in [-0.4, -0.2) is 39.8 Å². The Morgan fingerprint density at radius 1 is 1.12 bits per heavy atom. The lowest BCUT2D eigenvalue weighted by Crippen LogP contribution is -2.40. The van der Waals surface area contributed by atoms with Gasteiger partial charge >= 0.3 is 0 Å². The molecule has 1 aliphatic rings. The molecule has 1 aromatic carbocycles. The van der Waals surface area contributed by atoms with E-state index in [0.29, 0.717) is 42.9 Å². The average Bonchev–Trinajstić information content (AvgIpc) is 3.08. The number of pyridine rings is 1. The van der Waals surface area contributed by atoms with Crippen molar-refractivity contribution in [2.45, 2.75) is 19.8 Å². The van der Waals surface area contributed by atoms with Crippen molar-refractivity contribution in [1.29, 1.82) is 0 Å². The molecule has 1 saturated heterocycles. The van der Waals surface area contributed by atoms with E-state index in [1.165, 1.54) is 6.20 Å². The summed E-state index contributed by atoms with van der Waals surface area (Å²) in [4.78, 5) is 31.3. The minimum Gasteiger partial charge on any atom is -0.339 e.